The minimum absolute atomic E-state index is 0.0317. The standard InChI is InChI=1S/C22H24N8OS2/c1-12(2)26-17-8-19(27-14-3-4-16-18(7-14)32-11-25-16)24-9-15(17)20-28-29-21(33-20)22(31)30-6-5-13(23)10-30/h3-4,7-9,11-13H,5-6,10,23H2,1-2H3,(H2,24,26,27). The maximum absolute atomic E-state index is 12.8. The largest absolute Gasteiger partial charge is 0.382 e. The van der Waals surface area contributed by atoms with Crippen LogP contribution in [0.15, 0.2) is 36.0 Å². The third-order valence-electron chi connectivity index (χ3n) is 5.30. The Morgan fingerprint density at radius 1 is 1.24 bits per heavy atom. The van der Waals surface area contributed by atoms with Gasteiger partial charge in [0.05, 0.1) is 21.3 Å². The molecule has 9 nitrogen and oxygen atoms in total. The van der Waals surface area contributed by atoms with Crippen molar-refractivity contribution in [3.63, 3.8) is 0 Å². The molecule has 4 heterocycles. The summed E-state index contributed by atoms with van der Waals surface area (Å²) in [5.74, 6) is 0.590. The number of likely N-dealkylation sites (tertiary alicyclic amines) is 1. The number of amides is 1. The number of nitrogens with two attached hydrogens (primary N) is 1. The number of hydrogen-bond acceptors (Lipinski definition) is 10. The summed E-state index contributed by atoms with van der Waals surface area (Å²) in [5.41, 5.74) is 11.4. The summed E-state index contributed by atoms with van der Waals surface area (Å²) < 4.78 is 1.11. The fraction of sp³-hybridized carbons (Fsp3) is 0.318. The SMILES string of the molecule is CC(C)Nc1cc(Nc2ccc3ncsc3c2)ncc1-c1nnc(C(=O)N2CCC(N)C2)s1. The number of thiazole rings is 1. The molecule has 1 fully saturated rings. The molecule has 0 aliphatic carbocycles. The first-order valence-electron chi connectivity index (χ1n) is 10.7. The van der Waals surface area contributed by atoms with Crippen molar-refractivity contribution >= 4 is 56.0 Å². The first-order chi connectivity index (χ1) is 16.0. The van der Waals surface area contributed by atoms with E-state index < -0.39 is 0 Å². The van der Waals surface area contributed by atoms with Gasteiger partial charge in [-0.3, -0.25) is 4.79 Å². The molecule has 0 saturated carbocycles. The number of carbonyl (C=O) groups is 1. The molecule has 4 aromatic rings. The molecule has 1 amide bonds. The smallest absolute Gasteiger partial charge is 0.284 e. The first kappa shape index (κ1) is 21.7. The maximum atomic E-state index is 12.8. The van der Waals surface area contributed by atoms with Crippen LogP contribution in [-0.4, -0.2) is 56.1 Å². The maximum Gasteiger partial charge on any atom is 0.284 e. The van der Waals surface area contributed by atoms with Gasteiger partial charge in [-0.1, -0.05) is 11.3 Å². The highest BCUT2D eigenvalue weighted by molar-refractivity contribution is 7.17. The summed E-state index contributed by atoms with van der Waals surface area (Å²) >= 11 is 2.88. The summed E-state index contributed by atoms with van der Waals surface area (Å²) in [6, 6.07) is 8.22. The van der Waals surface area contributed by atoms with Gasteiger partial charge in [0.15, 0.2) is 5.01 Å². The van der Waals surface area contributed by atoms with Gasteiger partial charge in [0, 0.05) is 48.8 Å². The second kappa shape index (κ2) is 9.00. The highest BCUT2D eigenvalue weighted by Gasteiger charge is 2.27. The molecule has 1 aromatic carbocycles. The first-order valence-corrected chi connectivity index (χ1v) is 12.4. The van der Waals surface area contributed by atoms with E-state index in [4.69, 9.17) is 5.73 Å². The minimum Gasteiger partial charge on any atom is -0.382 e. The lowest BCUT2D eigenvalue weighted by Gasteiger charge is -2.15. The molecular weight excluding hydrogens is 456 g/mol. The number of pyridine rings is 1. The topological polar surface area (TPSA) is 122 Å². The molecule has 1 aliphatic heterocycles. The van der Waals surface area contributed by atoms with Crippen LogP contribution in [0, 0.1) is 0 Å². The quantitative estimate of drug-likeness (QED) is 0.379. The molecule has 0 radical (unpaired) electrons. The van der Waals surface area contributed by atoms with E-state index in [1.807, 2.05) is 23.7 Å². The van der Waals surface area contributed by atoms with Gasteiger partial charge in [0.1, 0.15) is 5.82 Å². The van der Waals surface area contributed by atoms with E-state index in [1.54, 1.807) is 22.4 Å². The van der Waals surface area contributed by atoms with Crippen LogP contribution in [0.3, 0.4) is 0 Å². The molecule has 4 N–H and O–H groups in total. The summed E-state index contributed by atoms with van der Waals surface area (Å²) in [5, 5.41) is 16.3. The minimum atomic E-state index is -0.116. The van der Waals surface area contributed by atoms with Crippen molar-refractivity contribution < 1.29 is 4.79 Å². The van der Waals surface area contributed by atoms with Crippen LogP contribution in [0.4, 0.5) is 17.2 Å². The van der Waals surface area contributed by atoms with Gasteiger partial charge in [0.25, 0.3) is 5.91 Å². The van der Waals surface area contributed by atoms with E-state index in [1.165, 1.54) is 11.3 Å². The number of fused-ring (bicyclic) bond motifs is 1. The van der Waals surface area contributed by atoms with Crippen molar-refractivity contribution in [2.45, 2.75) is 32.4 Å². The monoisotopic (exact) mass is 480 g/mol. The molecule has 0 bridgehead atoms. The van der Waals surface area contributed by atoms with Gasteiger partial charge in [-0.2, -0.15) is 0 Å². The van der Waals surface area contributed by atoms with Crippen molar-refractivity contribution in [3.05, 3.63) is 41.0 Å². The van der Waals surface area contributed by atoms with Crippen LogP contribution >= 0.6 is 22.7 Å². The van der Waals surface area contributed by atoms with Gasteiger partial charge in [-0.15, -0.1) is 21.5 Å². The Morgan fingerprint density at radius 2 is 2.12 bits per heavy atom. The fourth-order valence-corrected chi connectivity index (χ4v) is 5.28. The van der Waals surface area contributed by atoms with Crippen LogP contribution in [0.1, 0.15) is 30.1 Å². The molecule has 1 aliphatic rings. The zero-order chi connectivity index (χ0) is 22.9. The average molecular weight is 481 g/mol. The Hall–Kier alpha value is -3.15. The average Bonchev–Trinajstić information content (AvgIpc) is 3.53. The van der Waals surface area contributed by atoms with Crippen LogP contribution < -0.4 is 16.4 Å². The van der Waals surface area contributed by atoms with Gasteiger partial charge >= 0.3 is 0 Å². The van der Waals surface area contributed by atoms with E-state index in [2.05, 4.69) is 50.7 Å². The van der Waals surface area contributed by atoms with Crippen LogP contribution in [0.5, 0.6) is 0 Å². The normalized spacial score (nSPS) is 16.0. The van der Waals surface area contributed by atoms with Gasteiger partial charge in [-0.05, 0) is 38.5 Å². The summed E-state index contributed by atoms with van der Waals surface area (Å²) in [7, 11) is 0. The lowest BCUT2D eigenvalue weighted by atomic mass is 10.2. The zero-order valence-corrected chi connectivity index (χ0v) is 19.9. The number of nitrogens with zero attached hydrogens (tertiary/aromatic N) is 5. The number of aromatic nitrogens is 4. The Bertz CT molecular complexity index is 1300. The molecule has 0 spiro atoms. The highest BCUT2D eigenvalue weighted by atomic mass is 32.1. The van der Waals surface area contributed by atoms with E-state index in [9.17, 15) is 4.79 Å². The van der Waals surface area contributed by atoms with Crippen LogP contribution in [0.25, 0.3) is 20.8 Å². The van der Waals surface area contributed by atoms with Crippen LogP contribution in [0.2, 0.25) is 0 Å². The van der Waals surface area contributed by atoms with Gasteiger partial charge in [-0.25, -0.2) is 9.97 Å². The Kier molecular flexibility index (Phi) is 5.92. The third kappa shape index (κ3) is 4.65. The number of nitrogens with one attached hydrogen (secondary N) is 2. The molecule has 5 rings (SSSR count). The van der Waals surface area contributed by atoms with Crippen molar-refractivity contribution in [2.24, 2.45) is 5.73 Å². The summed E-state index contributed by atoms with van der Waals surface area (Å²) in [6.45, 7) is 5.36. The van der Waals surface area contributed by atoms with Gasteiger partial charge < -0.3 is 21.3 Å². The van der Waals surface area contributed by atoms with Crippen molar-refractivity contribution in [3.8, 4) is 10.6 Å². The second-order valence-corrected chi connectivity index (χ2v) is 10.2. The molecule has 1 saturated heterocycles. The van der Waals surface area contributed by atoms with Gasteiger partial charge in [0.2, 0.25) is 5.01 Å². The zero-order valence-electron chi connectivity index (χ0n) is 18.3. The third-order valence-corrected chi connectivity index (χ3v) is 7.04. The predicted molar refractivity (Wildman–Crippen MR) is 133 cm³/mol. The summed E-state index contributed by atoms with van der Waals surface area (Å²) in [4.78, 5) is 23.4. The van der Waals surface area contributed by atoms with Crippen molar-refractivity contribution in [1.29, 1.82) is 0 Å². The lowest BCUT2D eigenvalue weighted by Crippen LogP contribution is -2.31. The fourth-order valence-electron chi connectivity index (χ4n) is 3.73. The highest BCUT2D eigenvalue weighted by Crippen LogP contribution is 2.33. The second-order valence-electron chi connectivity index (χ2n) is 8.29. The van der Waals surface area contributed by atoms with E-state index in [0.717, 1.165) is 33.6 Å². The molecule has 1 unspecified atom stereocenters. The van der Waals surface area contributed by atoms with Crippen molar-refractivity contribution in [1.82, 2.24) is 25.1 Å². The lowest BCUT2D eigenvalue weighted by molar-refractivity contribution is 0.0789. The van der Waals surface area contributed by atoms with E-state index in [-0.39, 0.29) is 18.0 Å². The molecule has 3 aromatic heterocycles. The Labute approximate surface area is 199 Å². The number of hydrogen-bond donors (Lipinski definition) is 3. The Morgan fingerprint density at radius 3 is 2.91 bits per heavy atom. The predicted octanol–water partition coefficient (Wildman–Crippen LogP) is 3.95. The molecule has 170 valence electrons. The summed E-state index contributed by atoms with van der Waals surface area (Å²) in [6.07, 6.45) is 2.58. The number of rotatable bonds is 6. The molecule has 11 heteroatoms. The Balaban J connectivity index is 1.41. The van der Waals surface area contributed by atoms with Crippen molar-refractivity contribution in [2.75, 3.05) is 23.7 Å². The molecular formula is C22H24N8OS2. The van der Waals surface area contributed by atoms with E-state index in [0.29, 0.717) is 28.9 Å². The van der Waals surface area contributed by atoms with E-state index >= 15 is 0 Å². The molecule has 1 atom stereocenters. The molecule has 33 heavy (non-hydrogen) atoms. The number of benzene rings is 1. The van der Waals surface area contributed by atoms with Crippen LogP contribution in [-0.2, 0) is 0 Å². The number of anilines is 3. The number of carbonyl (C=O) groups excluding carboxylic acids is 1.